The van der Waals surface area contributed by atoms with Crippen molar-refractivity contribution in [3.8, 4) is 0 Å². The predicted molar refractivity (Wildman–Crippen MR) is 94.8 cm³/mol. The lowest BCUT2D eigenvalue weighted by Gasteiger charge is -2.37. The Morgan fingerprint density at radius 2 is 2.21 bits per heavy atom. The van der Waals surface area contributed by atoms with Crippen LogP contribution in [0.1, 0.15) is 24.9 Å². The average Bonchev–Trinajstić information content (AvgIpc) is 2.94. The van der Waals surface area contributed by atoms with E-state index in [9.17, 15) is 13.2 Å². The number of likely N-dealkylation sites (N-methyl/N-ethyl adjacent to an activating group) is 1. The minimum absolute atomic E-state index is 0.213. The van der Waals surface area contributed by atoms with Gasteiger partial charge >= 0.3 is 6.09 Å². The van der Waals surface area contributed by atoms with E-state index in [0.717, 1.165) is 3.79 Å². The third kappa shape index (κ3) is 3.77. The number of thiophene rings is 1. The zero-order valence-electron chi connectivity index (χ0n) is 13.8. The SMILES string of the molecule is CCN(C(=O)OC)[C@H]1CN(CCCOC)S(=O)(=O)c2sc(Br)cc21. The molecule has 1 atom stereocenters. The second kappa shape index (κ2) is 8.13. The zero-order chi connectivity index (χ0) is 17.9. The predicted octanol–water partition coefficient (Wildman–Crippen LogP) is 2.68. The van der Waals surface area contributed by atoms with Gasteiger partial charge in [0.1, 0.15) is 4.21 Å². The highest BCUT2D eigenvalue weighted by Gasteiger charge is 2.42. The molecule has 1 aliphatic heterocycles. The molecule has 0 spiro atoms. The first kappa shape index (κ1) is 19.6. The molecule has 24 heavy (non-hydrogen) atoms. The van der Waals surface area contributed by atoms with E-state index >= 15 is 0 Å². The van der Waals surface area contributed by atoms with Gasteiger partial charge in [0.2, 0.25) is 0 Å². The lowest BCUT2D eigenvalue weighted by Crippen LogP contribution is -2.47. The maximum absolute atomic E-state index is 12.8. The fraction of sp³-hybridized carbons (Fsp3) is 0.643. The first-order valence-electron chi connectivity index (χ1n) is 7.49. The molecule has 0 unspecified atom stereocenters. The topological polar surface area (TPSA) is 76.2 Å². The Balaban J connectivity index is 2.42. The molecule has 0 fully saturated rings. The minimum atomic E-state index is -3.56. The third-order valence-electron chi connectivity index (χ3n) is 3.89. The summed E-state index contributed by atoms with van der Waals surface area (Å²) in [6.45, 7) is 3.31. The molecule has 0 saturated carbocycles. The molecular formula is C14H21BrN2O5S2. The van der Waals surface area contributed by atoms with Gasteiger partial charge in [0, 0.05) is 38.9 Å². The Morgan fingerprint density at radius 3 is 2.79 bits per heavy atom. The molecule has 1 aromatic heterocycles. The number of halogens is 1. The summed E-state index contributed by atoms with van der Waals surface area (Å²) in [6.07, 6.45) is 0.126. The van der Waals surface area contributed by atoms with Gasteiger partial charge in [-0.3, -0.25) is 0 Å². The summed E-state index contributed by atoms with van der Waals surface area (Å²) in [6, 6.07) is 1.41. The van der Waals surface area contributed by atoms with Gasteiger partial charge in [0.15, 0.2) is 0 Å². The van der Waals surface area contributed by atoms with Gasteiger partial charge in [-0.25, -0.2) is 13.2 Å². The number of nitrogens with zero attached hydrogens (tertiary/aromatic N) is 2. The van der Waals surface area contributed by atoms with Gasteiger partial charge in [-0.2, -0.15) is 4.31 Å². The second-order valence-electron chi connectivity index (χ2n) is 5.27. The molecule has 0 saturated heterocycles. The Bertz CT molecular complexity index is 691. The van der Waals surface area contributed by atoms with Crippen LogP contribution in [0.5, 0.6) is 0 Å². The van der Waals surface area contributed by atoms with Crippen LogP contribution in [0.15, 0.2) is 14.1 Å². The number of methoxy groups -OCH3 is 2. The van der Waals surface area contributed by atoms with Crippen molar-refractivity contribution < 1.29 is 22.7 Å². The maximum atomic E-state index is 12.8. The summed E-state index contributed by atoms with van der Waals surface area (Å²) < 4.78 is 38.0. The minimum Gasteiger partial charge on any atom is -0.453 e. The van der Waals surface area contributed by atoms with E-state index in [2.05, 4.69) is 15.9 Å². The quantitative estimate of drug-likeness (QED) is 0.635. The third-order valence-corrected chi connectivity index (χ3v) is 7.93. The number of carbonyl (C=O) groups is 1. The molecular weight excluding hydrogens is 420 g/mol. The van der Waals surface area contributed by atoms with Crippen LogP contribution in [-0.2, 0) is 19.5 Å². The highest BCUT2D eigenvalue weighted by molar-refractivity contribution is 9.11. The van der Waals surface area contributed by atoms with E-state index in [-0.39, 0.29) is 16.8 Å². The van der Waals surface area contributed by atoms with Crippen LogP contribution in [0, 0.1) is 0 Å². The van der Waals surface area contributed by atoms with Gasteiger partial charge in [-0.1, -0.05) is 0 Å². The standard InChI is InChI=1S/C14H21BrN2O5S2/c1-4-17(14(18)22-3)11-9-16(6-5-7-21-2)24(19,20)13-10(11)8-12(15)23-13/h8,11H,4-7,9H2,1-3H3/t11-/m0/s1. The van der Waals surface area contributed by atoms with Gasteiger partial charge in [0.25, 0.3) is 10.0 Å². The molecule has 1 amide bonds. The van der Waals surface area contributed by atoms with Crippen LogP contribution >= 0.6 is 27.3 Å². The van der Waals surface area contributed by atoms with E-state index < -0.39 is 16.1 Å². The molecule has 0 aliphatic carbocycles. The highest BCUT2D eigenvalue weighted by Crippen LogP contribution is 2.42. The second-order valence-corrected chi connectivity index (χ2v) is 9.84. The van der Waals surface area contributed by atoms with Crippen molar-refractivity contribution in [1.82, 2.24) is 9.21 Å². The van der Waals surface area contributed by atoms with Crippen LogP contribution < -0.4 is 0 Å². The van der Waals surface area contributed by atoms with Crippen molar-refractivity contribution in [2.75, 3.05) is 40.5 Å². The summed E-state index contributed by atoms with van der Waals surface area (Å²) >= 11 is 4.53. The highest BCUT2D eigenvalue weighted by atomic mass is 79.9. The zero-order valence-corrected chi connectivity index (χ0v) is 17.0. The molecule has 136 valence electrons. The lowest BCUT2D eigenvalue weighted by molar-refractivity contribution is 0.0981. The van der Waals surface area contributed by atoms with E-state index in [1.807, 2.05) is 6.92 Å². The molecule has 2 heterocycles. The van der Waals surface area contributed by atoms with Crippen molar-refractivity contribution in [3.05, 3.63) is 15.4 Å². The van der Waals surface area contributed by atoms with Crippen molar-refractivity contribution in [3.63, 3.8) is 0 Å². The molecule has 0 N–H and O–H groups in total. The summed E-state index contributed by atoms with van der Waals surface area (Å²) in [7, 11) is -0.656. The number of rotatable bonds is 6. The first-order chi connectivity index (χ1) is 11.4. The summed E-state index contributed by atoms with van der Waals surface area (Å²) in [4.78, 5) is 13.6. The molecule has 0 aromatic carbocycles. The number of ether oxygens (including phenoxy) is 2. The Hall–Kier alpha value is -0.680. The van der Waals surface area contributed by atoms with Crippen LogP contribution in [0.2, 0.25) is 0 Å². The molecule has 1 aromatic rings. The number of fused-ring (bicyclic) bond motifs is 1. The number of hydrogen-bond acceptors (Lipinski definition) is 6. The van der Waals surface area contributed by atoms with E-state index in [1.165, 1.54) is 22.8 Å². The molecule has 0 radical (unpaired) electrons. The largest absolute Gasteiger partial charge is 0.453 e. The Morgan fingerprint density at radius 1 is 1.50 bits per heavy atom. The smallest absolute Gasteiger partial charge is 0.410 e. The van der Waals surface area contributed by atoms with Crippen molar-refractivity contribution in [2.24, 2.45) is 0 Å². The van der Waals surface area contributed by atoms with E-state index in [4.69, 9.17) is 9.47 Å². The van der Waals surface area contributed by atoms with Crippen molar-refractivity contribution in [1.29, 1.82) is 0 Å². The van der Waals surface area contributed by atoms with Crippen LogP contribution in [0.3, 0.4) is 0 Å². The fourth-order valence-electron chi connectivity index (χ4n) is 2.76. The van der Waals surface area contributed by atoms with Gasteiger partial charge < -0.3 is 14.4 Å². The molecule has 2 rings (SSSR count). The van der Waals surface area contributed by atoms with Crippen molar-refractivity contribution >= 4 is 43.4 Å². The normalized spacial score (nSPS) is 19.8. The monoisotopic (exact) mass is 440 g/mol. The van der Waals surface area contributed by atoms with Crippen molar-refractivity contribution in [2.45, 2.75) is 23.6 Å². The summed E-state index contributed by atoms with van der Waals surface area (Å²) in [5, 5.41) is 0. The van der Waals surface area contributed by atoms with Crippen LogP contribution in [0.25, 0.3) is 0 Å². The van der Waals surface area contributed by atoms with Crippen LogP contribution in [-0.4, -0.2) is 64.2 Å². The Labute approximate surface area is 154 Å². The summed E-state index contributed by atoms with van der Waals surface area (Å²) in [5.41, 5.74) is 0.641. The number of amides is 1. The maximum Gasteiger partial charge on any atom is 0.410 e. The number of carbonyl (C=O) groups excluding carboxylic acids is 1. The molecule has 10 heteroatoms. The summed E-state index contributed by atoms with van der Waals surface area (Å²) in [5.74, 6) is 0. The van der Waals surface area contributed by atoms with Gasteiger partial charge in [0.05, 0.1) is 16.9 Å². The molecule has 7 nitrogen and oxygen atoms in total. The van der Waals surface area contributed by atoms with E-state index in [1.54, 1.807) is 18.1 Å². The van der Waals surface area contributed by atoms with Crippen LogP contribution in [0.4, 0.5) is 4.79 Å². The Kier molecular flexibility index (Phi) is 6.66. The number of hydrogen-bond donors (Lipinski definition) is 0. The first-order valence-corrected chi connectivity index (χ1v) is 10.5. The lowest BCUT2D eigenvalue weighted by atomic mass is 10.1. The van der Waals surface area contributed by atoms with Gasteiger partial charge in [-0.15, -0.1) is 11.3 Å². The molecule has 1 aliphatic rings. The fourth-order valence-corrected chi connectivity index (χ4v) is 6.93. The van der Waals surface area contributed by atoms with E-state index in [0.29, 0.717) is 31.7 Å². The van der Waals surface area contributed by atoms with Gasteiger partial charge in [-0.05, 0) is 35.3 Å². The molecule has 0 bridgehead atoms. The average molecular weight is 441 g/mol. The number of sulfonamides is 1.